The first-order valence-corrected chi connectivity index (χ1v) is 11.5. The third-order valence-corrected chi connectivity index (χ3v) is 6.63. The van der Waals surface area contributed by atoms with Crippen LogP contribution in [0, 0.1) is 29.9 Å². The minimum Gasteiger partial charge on any atom is -0.497 e. The number of ether oxygens (including phenoxy) is 1. The van der Waals surface area contributed by atoms with Gasteiger partial charge in [-0.1, -0.05) is 24.3 Å². The molecule has 8 heteroatoms. The molecule has 0 bridgehead atoms. The quantitative estimate of drug-likeness (QED) is 0.333. The lowest BCUT2D eigenvalue weighted by molar-refractivity contribution is -0.386. The Hall–Kier alpha value is -3.68. The molecule has 1 aliphatic carbocycles. The van der Waals surface area contributed by atoms with E-state index in [0.717, 1.165) is 29.7 Å². The highest BCUT2D eigenvalue weighted by Gasteiger charge is 2.34. The Morgan fingerprint density at radius 2 is 1.76 bits per heavy atom. The van der Waals surface area contributed by atoms with Gasteiger partial charge < -0.3 is 9.64 Å². The summed E-state index contributed by atoms with van der Waals surface area (Å²) in [5, 5.41) is 15.6. The van der Waals surface area contributed by atoms with Gasteiger partial charge in [0.1, 0.15) is 17.1 Å². The fraction of sp³-hybridized carbons (Fsp3) is 0.385. The number of methoxy groups -OCH3 is 1. The molecule has 3 aromatic rings. The second kappa shape index (κ2) is 9.67. The summed E-state index contributed by atoms with van der Waals surface area (Å²) in [7, 11) is 1.64. The smallest absolute Gasteiger partial charge is 0.312 e. The van der Waals surface area contributed by atoms with Crippen molar-refractivity contribution in [2.24, 2.45) is 5.92 Å². The first-order chi connectivity index (χ1) is 16.3. The van der Waals surface area contributed by atoms with E-state index in [9.17, 15) is 14.9 Å². The molecule has 1 unspecified atom stereocenters. The van der Waals surface area contributed by atoms with Gasteiger partial charge in [-0.15, -0.1) is 0 Å². The van der Waals surface area contributed by atoms with E-state index in [0.29, 0.717) is 36.0 Å². The molecule has 1 fully saturated rings. The Labute approximate surface area is 199 Å². The number of aryl methyl sites for hydroxylation is 1. The molecular weight excluding hydrogens is 432 g/mol. The van der Waals surface area contributed by atoms with Crippen LogP contribution in [0.5, 0.6) is 5.75 Å². The van der Waals surface area contributed by atoms with Gasteiger partial charge in [0.2, 0.25) is 0 Å². The van der Waals surface area contributed by atoms with Crippen molar-refractivity contribution in [3.63, 3.8) is 0 Å². The second-order valence-electron chi connectivity index (χ2n) is 8.99. The molecule has 1 heterocycles. The number of nitrogens with zero attached hydrogens (tertiary/aromatic N) is 4. The number of carbonyl (C=O) groups excluding carboxylic acids is 1. The van der Waals surface area contributed by atoms with Crippen LogP contribution in [0.15, 0.2) is 48.5 Å². The van der Waals surface area contributed by atoms with Crippen LogP contribution >= 0.6 is 0 Å². The summed E-state index contributed by atoms with van der Waals surface area (Å²) < 4.78 is 6.88. The highest BCUT2D eigenvalue weighted by molar-refractivity contribution is 5.94. The van der Waals surface area contributed by atoms with E-state index in [-0.39, 0.29) is 17.6 Å². The van der Waals surface area contributed by atoms with Crippen LogP contribution in [0.4, 0.5) is 5.69 Å². The highest BCUT2D eigenvalue weighted by Crippen LogP contribution is 2.36. The maximum atomic E-state index is 13.5. The zero-order chi connectivity index (χ0) is 24.4. The van der Waals surface area contributed by atoms with Crippen molar-refractivity contribution in [1.29, 1.82) is 0 Å². The molecule has 0 spiro atoms. The van der Waals surface area contributed by atoms with E-state index in [1.807, 2.05) is 53.4 Å². The molecule has 8 nitrogen and oxygen atoms in total. The van der Waals surface area contributed by atoms with Gasteiger partial charge in [-0.3, -0.25) is 19.6 Å². The summed E-state index contributed by atoms with van der Waals surface area (Å²) in [6.45, 7) is 6.41. The van der Waals surface area contributed by atoms with E-state index in [1.165, 1.54) is 0 Å². The van der Waals surface area contributed by atoms with Gasteiger partial charge in [0.05, 0.1) is 18.6 Å². The molecule has 1 atom stereocenters. The molecule has 34 heavy (non-hydrogen) atoms. The normalized spacial score (nSPS) is 14.0. The molecule has 1 saturated carbocycles. The number of carbonyl (C=O) groups is 1. The molecule has 1 aromatic heterocycles. The van der Waals surface area contributed by atoms with Gasteiger partial charge in [0.25, 0.3) is 5.91 Å². The second-order valence-corrected chi connectivity index (χ2v) is 8.99. The lowest BCUT2D eigenvalue weighted by Crippen LogP contribution is -2.39. The summed E-state index contributed by atoms with van der Waals surface area (Å²) in [4.78, 5) is 26.3. The molecule has 0 saturated heterocycles. The van der Waals surface area contributed by atoms with Crippen molar-refractivity contribution < 1.29 is 14.5 Å². The number of rotatable bonds is 9. The van der Waals surface area contributed by atoms with Crippen LogP contribution in [-0.4, -0.2) is 38.7 Å². The van der Waals surface area contributed by atoms with E-state index >= 15 is 0 Å². The third-order valence-electron chi connectivity index (χ3n) is 6.63. The summed E-state index contributed by atoms with van der Waals surface area (Å²) in [5.74, 6) is 1.34. The van der Waals surface area contributed by atoms with Crippen molar-refractivity contribution in [2.75, 3.05) is 7.11 Å². The Morgan fingerprint density at radius 3 is 2.29 bits per heavy atom. The number of hydrogen-bond donors (Lipinski definition) is 0. The van der Waals surface area contributed by atoms with Crippen LogP contribution in [0.1, 0.15) is 52.6 Å². The lowest BCUT2D eigenvalue weighted by Gasteiger charge is -2.30. The number of hydrogen-bond acceptors (Lipinski definition) is 5. The number of aromatic nitrogens is 2. The summed E-state index contributed by atoms with van der Waals surface area (Å²) >= 11 is 0. The minimum absolute atomic E-state index is 0.00326. The minimum atomic E-state index is -0.394. The van der Waals surface area contributed by atoms with Crippen LogP contribution in [-0.2, 0) is 13.1 Å². The van der Waals surface area contributed by atoms with Crippen LogP contribution < -0.4 is 4.74 Å². The van der Waals surface area contributed by atoms with Gasteiger partial charge >= 0.3 is 5.69 Å². The van der Waals surface area contributed by atoms with Crippen LogP contribution in [0.3, 0.4) is 0 Å². The zero-order valence-corrected chi connectivity index (χ0v) is 20.0. The number of amides is 1. The molecule has 4 rings (SSSR count). The maximum absolute atomic E-state index is 13.5. The average molecular weight is 463 g/mol. The monoisotopic (exact) mass is 462 g/mol. The first-order valence-electron chi connectivity index (χ1n) is 11.5. The van der Waals surface area contributed by atoms with Crippen molar-refractivity contribution in [1.82, 2.24) is 14.7 Å². The average Bonchev–Trinajstić information content (AvgIpc) is 3.63. The van der Waals surface area contributed by atoms with Crippen molar-refractivity contribution >= 4 is 11.6 Å². The molecule has 1 amide bonds. The Bertz CT molecular complexity index is 1180. The van der Waals surface area contributed by atoms with Gasteiger partial charge in [-0.25, -0.2) is 0 Å². The Kier molecular flexibility index (Phi) is 6.68. The standard InChI is InChI=1S/C26H30N4O4/c1-17-25(30(32)33)19(3)29(27-17)16-21-5-9-23(10-6-21)26(31)28(18(2)22-11-12-22)15-20-7-13-24(34-4)14-8-20/h5-10,13-14,18,22H,11-12,15-16H2,1-4H3. The molecule has 2 aromatic carbocycles. The zero-order valence-electron chi connectivity index (χ0n) is 20.0. The number of nitro groups is 1. The van der Waals surface area contributed by atoms with Crippen molar-refractivity contribution in [3.8, 4) is 5.75 Å². The third kappa shape index (κ3) is 4.95. The first kappa shape index (κ1) is 23.5. The molecular formula is C26H30N4O4. The van der Waals surface area contributed by atoms with E-state index < -0.39 is 4.92 Å². The highest BCUT2D eigenvalue weighted by atomic mass is 16.6. The van der Waals surface area contributed by atoms with Crippen LogP contribution in [0.25, 0.3) is 0 Å². The molecule has 178 valence electrons. The topological polar surface area (TPSA) is 90.5 Å². The largest absolute Gasteiger partial charge is 0.497 e. The molecule has 0 N–H and O–H groups in total. The van der Waals surface area contributed by atoms with Gasteiger partial charge in [-0.2, -0.15) is 5.10 Å². The molecule has 0 aliphatic heterocycles. The fourth-order valence-corrected chi connectivity index (χ4v) is 4.36. The Morgan fingerprint density at radius 1 is 1.15 bits per heavy atom. The summed E-state index contributed by atoms with van der Waals surface area (Å²) in [6, 6.07) is 15.4. The fourth-order valence-electron chi connectivity index (χ4n) is 4.36. The summed E-state index contributed by atoms with van der Waals surface area (Å²) in [5.41, 5.74) is 3.58. The molecule has 0 radical (unpaired) electrons. The Balaban J connectivity index is 1.51. The van der Waals surface area contributed by atoms with Crippen molar-refractivity contribution in [3.05, 3.63) is 86.7 Å². The van der Waals surface area contributed by atoms with E-state index in [4.69, 9.17) is 4.74 Å². The molecule has 1 aliphatic rings. The predicted molar refractivity (Wildman–Crippen MR) is 129 cm³/mol. The maximum Gasteiger partial charge on any atom is 0.312 e. The predicted octanol–water partition coefficient (Wildman–Crippen LogP) is 4.91. The van der Waals surface area contributed by atoms with E-state index in [1.54, 1.807) is 25.6 Å². The lowest BCUT2D eigenvalue weighted by atomic mass is 10.1. The van der Waals surface area contributed by atoms with Crippen molar-refractivity contribution in [2.45, 2.75) is 52.7 Å². The van der Waals surface area contributed by atoms with Gasteiger partial charge in [0, 0.05) is 18.2 Å². The van der Waals surface area contributed by atoms with Gasteiger partial charge in [-0.05, 0) is 74.9 Å². The van der Waals surface area contributed by atoms with Gasteiger partial charge in [0.15, 0.2) is 0 Å². The van der Waals surface area contributed by atoms with Crippen LogP contribution in [0.2, 0.25) is 0 Å². The SMILES string of the molecule is COc1ccc(CN(C(=O)c2ccc(Cn3nc(C)c([N+](=O)[O-])c3C)cc2)C(C)C2CC2)cc1. The number of benzene rings is 2. The summed E-state index contributed by atoms with van der Waals surface area (Å²) in [6.07, 6.45) is 2.31. The van der Waals surface area contributed by atoms with E-state index in [2.05, 4.69) is 12.0 Å².